The monoisotopic (exact) mass is 322 g/mol. The minimum absolute atomic E-state index is 0.0960. The first-order valence-electron chi connectivity index (χ1n) is 5.84. The van der Waals surface area contributed by atoms with E-state index in [1.165, 1.54) is 0 Å². The van der Waals surface area contributed by atoms with E-state index < -0.39 is 0 Å². The highest BCUT2D eigenvalue weighted by Crippen LogP contribution is 2.15. The van der Waals surface area contributed by atoms with Crippen LogP contribution in [0.25, 0.3) is 0 Å². The number of aromatic nitrogens is 2. The van der Waals surface area contributed by atoms with Crippen LogP contribution in [0.5, 0.6) is 0 Å². The van der Waals surface area contributed by atoms with Gasteiger partial charge in [0.15, 0.2) is 0 Å². The van der Waals surface area contributed by atoms with Crippen LogP contribution in [0.3, 0.4) is 0 Å². The molecule has 2 rings (SSSR count). The van der Waals surface area contributed by atoms with Crippen LogP contribution >= 0.6 is 15.9 Å². The number of carbonyl (C=O) groups is 1. The van der Waals surface area contributed by atoms with Gasteiger partial charge < -0.3 is 10.6 Å². The average Bonchev–Trinajstić information content (AvgIpc) is 2.65. The third-order valence-electron chi connectivity index (χ3n) is 2.56. The Morgan fingerprint density at radius 1 is 1.47 bits per heavy atom. The summed E-state index contributed by atoms with van der Waals surface area (Å²) in [5.74, 6) is -0.0960. The van der Waals surface area contributed by atoms with Crippen molar-refractivity contribution in [2.45, 2.75) is 6.92 Å². The van der Waals surface area contributed by atoms with Crippen LogP contribution < -0.4 is 10.6 Å². The van der Waals surface area contributed by atoms with E-state index in [4.69, 9.17) is 0 Å². The molecule has 6 heteroatoms. The van der Waals surface area contributed by atoms with Gasteiger partial charge in [-0.05, 0) is 25.1 Å². The van der Waals surface area contributed by atoms with Gasteiger partial charge in [-0.1, -0.05) is 22.0 Å². The molecule has 1 heterocycles. The second kappa shape index (κ2) is 5.88. The number of hydrogen-bond acceptors (Lipinski definition) is 3. The zero-order valence-corrected chi connectivity index (χ0v) is 12.4. The molecule has 1 aromatic heterocycles. The molecule has 0 unspecified atom stereocenters. The summed E-state index contributed by atoms with van der Waals surface area (Å²) in [7, 11) is 1.85. The topological polar surface area (TPSA) is 59.0 Å². The van der Waals surface area contributed by atoms with E-state index in [1.807, 2.05) is 44.4 Å². The third-order valence-corrected chi connectivity index (χ3v) is 3.05. The molecule has 0 radical (unpaired) electrons. The van der Waals surface area contributed by atoms with Crippen molar-refractivity contribution in [3.63, 3.8) is 0 Å². The number of amides is 1. The maximum Gasteiger partial charge on any atom is 0.243 e. The number of anilines is 2. The van der Waals surface area contributed by atoms with Crippen molar-refractivity contribution < 1.29 is 4.79 Å². The molecular weight excluding hydrogens is 308 g/mol. The average molecular weight is 323 g/mol. The molecule has 1 aromatic carbocycles. The van der Waals surface area contributed by atoms with Gasteiger partial charge >= 0.3 is 0 Å². The molecule has 19 heavy (non-hydrogen) atoms. The van der Waals surface area contributed by atoms with E-state index in [9.17, 15) is 4.79 Å². The van der Waals surface area contributed by atoms with Crippen molar-refractivity contribution in [3.05, 3.63) is 40.6 Å². The normalized spacial score (nSPS) is 10.3. The van der Waals surface area contributed by atoms with Crippen molar-refractivity contribution in [3.8, 4) is 0 Å². The van der Waals surface area contributed by atoms with Gasteiger partial charge in [-0.2, -0.15) is 5.10 Å². The Kier molecular flexibility index (Phi) is 4.21. The summed E-state index contributed by atoms with van der Waals surface area (Å²) in [6.45, 7) is 2.10. The van der Waals surface area contributed by atoms with Gasteiger partial charge in [0.25, 0.3) is 0 Å². The summed E-state index contributed by atoms with van der Waals surface area (Å²) in [6.07, 6.45) is 1.85. The summed E-state index contributed by atoms with van der Waals surface area (Å²) >= 11 is 3.36. The highest BCUT2D eigenvalue weighted by atomic mass is 79.9. The van der Waals surface area contributed by atoms with Gasteiger partial charge in [0, 0.05) is 23.4 Å². The van der Waals surface area contributed by atoms with Gasteiger partial charge in [0.2, 0.25) is 5.91 Å². The molecule has 5 nitrogen and oxygen atoms in total. The highest BCUT2D eigenvalue weighted by Gasteiger charge is 2.06. The van der Waals surface area contributed by atoms with Gasteiger partial charge in [-0.15, -0.1) is 0 Å². The van der Waals surface area contributed by atoms with Crippen molar-refractivity contribution in [1.29, 1.82) is 0 Å². The number of nitrogens with zero attached hydrogens (tertiary/aromatic N) is 2. The van der Waals surface area contributed by atoms with Crippen molar-refractivity contribution in [2.75, 3.05) is 17.2 Å². The number of carbonyl (C=O) groups excluding carboxylic acids is 1. The molecule has 0 aliphatic heterocycles. The molecule has 0 saturated heterocycles. The van der Waals surface area contributed by atoms with Crippen molar-refractivity contribution in [2.24, 2.45) is 7.05 Å². The Labute approximate surface area is 120 Å². The maximum atomic E-state index is 11.8. The number of aryl methyl sites for hydroxylation is 2. The van der Waals surface area contributed by atoms with Crippen LogP contribution in [0.15, 0.2) is 34.9 Å². The van der Waals surface area contributed by atoms with Crippen molar-refractivity contribution in [1.82, 2.24) is 9.78 Å². The van der Waals surface area contributed by atoms with Crippen LogP contribution in [0.1, 0.15) is 5.69 Å². The molecule has 0 fully saturated rings. The molecule has 0 spiro atoms. The van der Waals surface area contributed by atoms with Gasteiger partial charge in [-0.3, -0.25) is 9.48 Å². The van der Waals surface area contributed by atoms with Crippen LogP contribution in [-0.2, 0) is 11.8 Å². The molecule has 1 amide bonds. The maximum absolute atomic E-state index is 11.8. The predicted octanol–water partition coefficient (Wildman–Crippen LogP) is 2.54. The lowest BCUT2D eigenvalue weighted by atomic mass is 10.3. The molecule has 2 aromatic rings. The smallest absolute Gasteiger partial charge is 0.243 e. The molecule has 0 aliphatic rings. The minimum atomic E-state index is -0.0960. The first-order valence-corrected chi connectivity index (χ1v) is 6.63. The van der Waals surface area contributed by atoms with Gasteiger partial charge in [-0.25, -0.2) is 0 Å². The van der Waals surface area contributed by atoms with E-state index in [0.29, 0.717) is 0 Å². The van der Waals surface area contributed by atoms with E-state index in [1.54, 1.807) is 4.68 Å². The second-order valence-corrected chi connectivity index (χ2v) is 5.13. The van der Waals surface area contributed by atoms with E-state index in [-0.39, 0.29) is 12.5 Å². The predicted molar refractivity (Wildman–Crippen MR) is 79.2 cm³/mol. The SMILES string of the molecule is Cc1nn(C)cc1NCC(=O)Nc1cccc(Br)c1. The lowest BCUT2D eigenvalue weighted by Crippen LogP contribution is -2.21. The Morgan fingerprint density at radius 2 is 2.26 bits per heavy atom. The van der Waals surface area contributed by atoms with Gasteiger partial charge in [0.05, 0.1) is 17.9 Å². The minimum Gasteiger partial charge on any atom is -0.373 e. The number of halogens is 1. The highest BCUT2D eigenvalue weighted by molar-refractivity contribution is 9.10. The molecule has 2 N–H and O–H groups in total. The second-order valence-electron chi connectivity index (χ2n) is 4.21. The molecule has 0 aliphatic carbocycles. The Balaban J connectivity index is 1.90. The third kappa shape index (κ3) is 3.82. The summed E-state index contributed by atoms with van der Waals surface area (Å²) < 4.78 is 2.64. The molecule has 0 bridgehead atoms. The first kappa shape index (κ1) is 13.6. The zero-order chi connectivity index (χ0) is 13.8. The van der Waals surface area contributed by atoms with E-state index >= 15 is 0 Å². The standard InChI is InChI=1S/C13H15BrN4O/c1-9-12(8-18(2)17-9)15-7-13(19)16-11-5-3-4-10(14)6-11/h3-6,8,15H,7H2,1-2H3,(H,16,19). The summed E-state index contributed by atoms with van der Waals surface area (Å²) in [5, 5.41) is 10.1. The Hall–Kier alpha value is -1.82. The number of rotatable bonds is 4. The largest absolute Gasteiger partial charge is 0.373 e. The van der Waals surface area contributed by atoms with Crippen molar-refractivity contribution >= 4 is 33.2 Å². The van der Waals surface area contributed by atoms with Crippen LogP contribution in [-0.4, -0.2) is 22.2 Å². The summed E-state index contributed by atoms with van der Waals surface area (Å²) in [5.41, 5.74) is 2.51. The Morgan fingerprint density at radius 3 is 2.89 bits per heavy atom. The fraction of sp³-hybridized carbons (Fsp3) is 0.231. The number of nitrogens with one attached hydrogen (secondary N) is 2. The first-order chi connectivity index (χ1) is 9.04. The zero-order valence-electron chi connectivity index (χ0n) is 10.8. The Bertz CT molecular complexity index is 594. The van der Waals surface area contributed by atoms with Gasteiger partial charge in [0.1, 0.15) is 0 Å². The van der Waals surface area contributed by atoms with Crippen LogP contribution in [0.2, 0.25) is 0 Å². The molecule has 100 valence electrons. The molecular formula is C13H15BrN4O. The fourth-order valence-corrected chi connectivity index (χ4v) is 2.12. The number of hydrogen-bond donors (Lipinski definition) is 2. The van der Waals surface area contributed by atoms with E-state index in [0.717, 1.165) is 21.5 Å². The van der Waals surface area contributed by atoms with Crippen LogP contribution in [0.4, 0.5) is 11.4 Å². The lowest BCUT2D eigenvalue weighted by molar-refractivity contribution is -0.114. The summed E-state index contributed by atoms with van der Waals surface area (Å²) in [6, 6.07) is 7.48. The van der Waals surface area contributed by atoms with E-state index in [2.05, 4.69) is 31.7 Å². The summed E-state index contributed by atoms with van der Waals surface area (Å²) in [4.78, 5) is 11.8. The molecule has 0 saturated carbocycles. The van der Waals surface area contributed by atoms with Crippen LogP contribution in [0, 0.1) is 6.92 Å². The lowest BCUT2D eigenvalue weighted by Gasteiger charge is -2.07. The fourth-order valence-electron chi connectivity index (χ4n) is 1.72. The number of benzene rings is 1. The molecule has 0 atom stereocenters. The quantitative estimate of drug-likeness (QED) is 0.909.